The van der Waals surface area contributed by atoms with Crippen LogP contribution in [0.3, 0.4) is 0 Å². The van der Waals surface area contributed by atoms with Crippen LogP contribution in [0.5, 0.6) is 0 Å². The van der Waals surface area contributed by atoms with Crippen LogP contribution in [0.2, 0.25) is 0 Å². The third kappa shape index (κ3) is 10.4. The third-order valence-electron chi connectivity index (χ3n) is 8.33. The highest BCUT2D eigenvalue weighted by Gasteiger charge is 2.47. The average Bonchev–Trinajstić information content (AvgIpc) is 3.66. The normalized spacial score (nSPS) is 17.7. The van der Waals surface area contributed by atoms with Gasteiger partial charge in [0.1, 0.15) is 36.7 Å². The number of thioether (sulfide) groups is 1. The van der Waals surface area contributed by atoms with Gasteiger partial charge >= 0.3 is 11.9 Å². The number of likely N-dealkylation sites (N-methyl/N-ethyl adjacent to an activating group) is 1. The van der Waals surface area contributed by atoms with Gasteiger partial charge in [0.2, 0.25) is 0 Å². The molecule has 11 nitrogen and oxygen atoms in total. The lowest BCUT2D eigenvalue weighted by atomic mass is 9.89. The summed E-state index contributed by atoms with van der Waals surface area (Å²) in [7, 11) is 3.45. The fourth-order valence-corrected chi connectivity index (χ4v) is 7.01. The zero-order valence-corrected chi connectivity index (χ0v) is 30.5. The molecule has 5 rings (SSSR count). The minimum absolute atomic E-state index is 0.0377. The van der Waals surface area contributed by atoms with Crippen LogP contribution < -0.4 is 0 Å². The smallest absolute Gasteiger partial charge is 0.339 e. The zero-order chi connectivity index (χ0) is 38.7. The van der Waals surface area contributed by atoms with Crippen LogP contribution in [0.25, 0.3) is 6.08 Å². The van der Waals surface area contributed by atoms with Gasteiger partial charge in [-0.3, -0.25) is 9.69 Å². The number of rotatable bonds is 15. The highest BCUT2D eigenvalue weighted by atomic mass is 32.2. The highest BCUT2D eigenvalue weighted by Crippen LogP contribution is 2.42. The number of carbonyl (C=O) groups is 2. The second-order valence-electron chi connectivity index (χ2n) is 12.6. The first kappa shape index (κ1) is 39.9. The Hall–Kier alpha value is -5.27. The van der Waals surface area contributed by atoms with Gasteiger partial charge in [-0.1, -0.05) is 42.5 Å². The van der Waals surface area contributed by atoms with Crippen molar-refractivity contribution in [3.05, 3.63) is 137 Å². The maximum atomic E-state index is 15.9. The summed E-state index contributed by atoms with van der Waals surface area (Å²) < 4.78 is 69.4. The van der Waals surface area contributed by atoms with Crippen molar-refractivity contribution in [3.63, 3.8) is 0 Å². The third-order valence-corrected chi connectivity index (χ3v) is 9.77. The van der Waals surface area contributed by atoms with Crippen molar-refractivity contribution >= 4 is 29.8 Å². The number of benzene rings is 3. The molecule has 2 heterocycles. The van der Waals surface area contributed by atoms with E-state index in [-0.39, 0.29) is 54.9 Å². The van der Waals surface area contributed by atoms with E-state index in [0.29, 0.717) is 11.1 Å². The lowest BCUT2D eigenvalue weighted by molar-refractivity contribution is -0.146. The van der Waals surface area contributed by atoms with E-state index in [0.717, 1.165) is 18.2 Å². The molecule has 1 aliphatic heterocycles. The van der Waals surface area contributed by atoms with Crippen molar-refractivity contribution in [1.82, 2.24) is 19.7 Å². The maximum Gasteiger partial charge on any atom is 0.339 e. The molecule has 3 aromatic carbocycles. The van der Waals surface area contributed by atoms with Crippen molar-refractivity contribution in [2.75, 3.05) is 33.9 Å². The molecule has 1 saturated heterocycles. The van der Waals surface area contributed by atoms with Gasteiger partial charge in [-0.2, -0.15) is 10.4 Å². The number of hydrogen-bond acceptors (Lipinski definition) is 11. The summed E-state index contributed by atoms with van der Waals surface area (Å²) in [6.07, 6.45) is 8.46. The van der Waals surface area contributed by atoms with E-state index in [2.05, 4.69) is 10.1 Å². The maximum absolute atomic E-state index is 15.9. The van der Waals surface area contributed by atoms with Gasteiger partial charge < -0.3 is 18.9 Å². The second-order valence-corrected chi connectivity index (χ2v) is 14.2. The first-order valence-electron chi connectivity index (χ1n) is 16.8. The van der Waals surface area contributed by atoms with Crippen molar-refractivity contribution in [2.24, 2.45) is 0 Å². The Kier molecular flexibility index (Phi) is 13.8. The molecule has 1 aliphatic rings. The summed E-state index contributed by atoms with van der Waals surface area (Å²) in [4.78, 5) is 32.1. The van der Waals surface area contributed by atoms with Gasteiger partial charge in [0.15, 0.2) is 11.9 Å². The van der Waals surface area contributed by atoms with Gasteiger partial charge in [0.25, 0.3) is 0 Å². The SMILES string of the molecule is C[C@@H](SC1COC(C=CC=Cc2ccc(C#N)cc2F)OC1)[C@@](Cn1cncn1)(OC(=O)c1ccccc1COC(=O)CN(C)C)c1ccc(F)cc1F. The molecule has 15 heteroatoms. The molecule has 1 aromatic heterocycles. The molecule has 2 atom stereocenters. The van der Waals surface area contributed by atoms with Crippen LogP contribution >= 0.6 is 11.8 Å². The number of nitriles is 1. The van der Waals surface area contributed by atoms with E-state index in [1.165, 1.54) is 53.4 Å². The van der Waals surface area contributed by atoms with Gasteiger partial charge in [-0.05, 0) is 57.4 Å². The number of esters is 2. The predicted molar refractivity (Wildman–Crippen MR) is 194 cm³/mol. The second kappa shape index (κ2) is 18.7. The number of carbonyl (C=O) groups excluding carboxylic acids is 2. The molecule has 0 amide bonds. The minimum atomic E-state index is -1.79. The Bertz CT molecular complexity index is 2010. The molecular weight excluding hydrogens is 724 g/mol. The molecule has 0 unspecified atom stereocenters. The van der Waals surface area contributed by atoms with E-state index in [4.69, 9.17) is 24.2 Å². The predicted octanol–water partition coefficient (Wildman–Crippen LogP) is 6.06. The van der Waals surface area contributed by atoms with E-state index in [1.54, 1.807) is 68.4 Å². The van der Waals surface area contributed by atoms with Crippen molar-refractivity contribution in [2.45, 2.75) is 42.5 Å². The molecule has 0 saturated carbocycles. The summed E-state index contributed by atoms with van der Waals surface area (Å²) in [6.45, 7) is 1.80. The van der Waals surface area contributed by atoms with Gasteiger partial charge in [0, 0.05) is 28.0 Å². The van der Waals surface area contributed by atoms with Crippen LogP contribution in [0.4, 0.5) is 13.2 Å². The van der Waals surface area contributed by atoms with Crippen LogP contribution in [-0.4, -0.2) is 82.2 Å². The molecule has 0 N–H and O–H groups in total. The number of aromatic nitrogens is 3. The number of nitrogens with zero attached hydrogens (tertiary/aromatic N) is 5. The highest BCUT2D eigenvalue weighted by molar-refractivity contribution is 8.00. The fraction of sp³-hybridized carbons (Fsp3) is 0.308. The van der Waals surface area contributed by atoms with Gasteiger partial charge in [0.05, 0.1) is 48.7 Å². The molecule has 1 fully saturated rings. The quantitative estimate of drug-likeness (QED) is 0.104. The van der Waals surface area contributed by atoms with Gasteiger partial charge in [-0.25, -0.2) is 27.6 Å². The molecular formula is C39H38F3N5O6S. The first-order chi connectivity index (χ1) is 26.0. The number of ether oxygens (including phenoxy) is 4. The summed E-state index contributed by atoms with van der Waals surface area (Å²) in [6, 6.07) is 15.6. The Balaban J connectivity index is 1.36. The summed E-state index contributed by atoms with van der Waals surface area (Å²) in [5.41, 5.74) is -0.879. The number of halogens is 3. The molecule has 0 spiro atoms. The Labute approximate surface area is 315 Å². The van der Waals surface area contributed by atoms with E-state index in [9.17, 15) is 18.4 Å². The van der Waals surface area contributed by atoms with Crippen LogP contribution in [-0.2, 0) is 42.5 Å². The Morgan fingerprint density at radius 2 is 1.87 bits per heavy atom. The summed E-state index contributed by atoms with van der Waals surface area (Å²) in [5, 5.41) is 12.1. The fourth-order valence-electron chi connectivity index (χ4n) is 5.65. The van der Waals surface area contributed by atoms with Crippen LogP contribution in [0, 0.1) is 28.8 Å². The van der Waals surface area contributed by atoms with E-state index in [1.807, 2.05) is 6.07 Å². The van der Waals surface area contributed by atoms with Crippen molar-refractivity contribution < 1.29 is 41.7 Å². The van der Waals surface area contributed by atoms with Crippen LogP contribution in [0.15, 0.2) is 91.5 Å². The van der Waals surface area contributed by atoms with E-state index >= 15 is 4.39 Å². The first-order valence-corrected chi connectivity index (χ1v) is 17.7. The minimum Gasteiger partial charge on any atom is -0.460 e. The monoisotopic (exact) mass is 761 g/mol. The zero-order valence-electron chi connectivity index (χ0n) is 29.7. The van der Waals surface area contributed by atoms with Crippen LogP contribution in [0.1, 0.15) is 39.5 Å². The van der Waals surface area contributed by atoms with E-state index < -0.39 is 46.5 Å². The lowest BCUT2D eigenvalue weighted by Gasteiger charge is -2.40. The Morgan fingerprint density at radius 3 is 2.56 bits per heavy atom. The lowest BCUT2D eigenvalue weighted by Crippen LogP contribution is -2.47. The molecule has 54 heavy (non-hydrogen) atoms. The average molecular weight is 762 g/mol. The molecule has 4 aromatic rings. The van der Waals surface area contributed by atoms with Crippen molar-refractivity contribution in [1.29, 1.82) is 5.26 Å². The number of allylic oxidation sites excluding steroid dienone is 2. The molecule has 282 valence electrons. The largest absolute Gasteiger partial charge is 0.460 e. The standard InChI is InChI=1S/C39H38F3N5O6S/c1-26(54-31-21-51-37(52-22-31)11-7-5-8-28-13-12-27(18-43)16-34(28)41)39(23-47-25-44-24-45-47,33-15-14-30(40)17-35(33)42)53-38(49)32-10-6-4-9-29(32)20-50-36(48)19-46(2)3/h4-17,24-26,31,37H,19-23H2,1-3H3/t26-,31?,37?,39-/m1/s1. The summed E-state index contributed by atoms with van der Waals surface area (Å²) in [5.74, 6) is -3.59. The van der Waals surface area contributed by atoms with Crippen molar-refractivity contribution in [3.8, 4) is 6.07 Å². The number of hydrogen-bond donors (Lipinski definition) is 0. The van der Waals surface area contributed by atoms with Gasteiger partial charge in [-0.15, -0.1) is 11.8 Å². The summed E-state index contributed by atoms with van der Waals surface area (Å²) >= 11 is 1.32. The molecule has 0 aliphatic carbocycles. The topological polar surface area (TPSA) is 129 Å². The molecule has 0 radical (unpaired) electrons. The molecule has 0 bridgehead atoms. The Morgan fingerprint density at radius 1 is 1.09 bits per heavy atom.